The fourth-order valence-corrected chi connectivity index (χ4v) is 3.35. The lowest BCUT2D eigenvalue weighted by atomic mass is 10.1. The minimum absolute atomic E-state index is 0.0152. The highest BCUT2D eigenvalue weighted by atomic mass is 16.6. The molecule has 2 aromatic rings. The number of carbonyl (C=O) groups excluding carboxylic acids is 1. The van der Waals surface area contributed by atoms with Crippen molar-refractivity contribution in [1.82, 2.24) is 9.47 Å². The van der Waals surface area contributed by atoms with Gasteiger partial charge in [-0.2, -0.15) is 0 Å². The molecule has 6 nitrogen and oxygen atoms in total. The first kappa shape index (κ1) is 15.1. The van der Waals surface area contributed by atoms with Gasteiger partial charge in [0.1, 0.15) is 13.2 Å². The van der Waals surface area contributed by atoms with Crippen molar-refractivity contribution >= 4 is 11.6 Å². The molecule has 2 aliphatic heterocycles. The van der Waals surface area contributed by atoms with Crippen LogP contribution in [0.5, 0.6) is 11.5 Å². The molecule has 1 unspecified atom stereocenters. The molecule has 1 amide bonds. The lowest BCUT2D eigenvalue weighted by Crippen LogP contribution is -2.41. The second-order valence-electron chi connectivity index (χ2n) is 6.18. The predicted octanol–water partition coefficient (Wildman–Crippen LogP) is 2.27. The van der Waals surface area contributed by atoms with E-state index in [0.29, 0.717) is 25.5 Å². The molecule has 1 aromatic heterocycles. The van der Waals surface area contributed by atoms with Gasteiger partial charge in [-0.1, -0.05) is 0 Å². The maximum Gasteiger partial charge on any atom is 0.238 e. The highest BCUT2D eigenvalue weighted by Gasteiger charge is 2.25. The lowest BCUT2D eigenvalue weighted by Gasteiger charge is -2.34. The van der Waals surface area contributed by atoms with E-state index >= 15 is 0 Å². The maximum absolute atomic E-state index is 12.4. The van der Waals surface area contributed by atoms with Gasteiger partial charge in [-0.05, 0) is 31.2 Å². The first-order chi connectivity index (χ1) is 11.7. The number of nitrogens with one attached hydrogen (secondary N) is 1. The highest BCUT2D eigenvalue weighted by Crippen LogP contribution is 2.32. The Hall–Kier alpha value is -2.47. The summed E-state index contributed by atoms with van der Waals surface area (Å²) in [6.45, 7) is 5.41. The quantitative estimate of drug-likeness (QED) is 0.940. The van der Waals surface area contributed by atoms with Crippen molar-refractivity contribution in [2.75, 3.05) is 31.6 Å². The van der Waals surface area contributed by atoms with Gasteiger partial charge in [0.15, 0.2) is 11.5 Å². The van der Waals surface area contributed by atoms with Crippen LogP contribution in [0.2, 0.25) is 0 Å². The third-order valence-corrected chi connectivity index (χ3v) is 4.64. The number of ether oxygens (including phenoxy) is 2. The largest absolute Gasteiger partial charge is 0.486 e. The van der Waals surface area contributed by atoms with Crippen LogP contribution in [-0.2, 0) is 11.3 Å². The zero-order valence-electron chi connectivity index (χ0n) is 13.7. The Morgan fingerprint density at radius 3 is 2.92 bits per heavy atom. The van der Waals surface area contributed by atoms with Crippen molar-refractivity contribution in [2.45, 2.75) is 19.5 Å². The topological polar surface area (TPSA) is 55.7 Å². The summed E-state index contributed by atoms with van der Waals surface area (Å²) >= 11 is 0. The van der Waals surface area contributed by atoms with Crippen LogP contribution in [0, 0.1) is 0 Å². The molecule has 3 heterocycles. The molecule has 0 radical (unpaired) electrons. The SMILES string of the molecule is CC1c2cccn2CCN1CC(=O)Nc1ccc2c(c1)OCCO2. The van der Waals surface area contributed by atoms with E-state index in [0.717, 1.165) is 24.5 Å². The summed E-state index contributed by atoms with van der Waals surface area (Å²) in [6.07, 6.45) is 2.10. The monoisotopic (exact) mass is 327 g/mol. The van der Waals surface area contributed by atoms with E-state index in [-0.39, 0.29) is 11.9 Å². The van der Waals surface area contributed by atoms with Crippen molar-refractivity contribution in [1.29, 1.82) is 0 Å². The van der Waals surface area contributed by atoms with E-state index in [1.807, 2.05) is 18.2 Å². The van der Waals surface area contributed by atoms with E-state index in [1.165, 1.54) is 5.69 Å². The number of anilines is 1. The number of rotatable bonds is 3. The minimum atomic E-state index is -0.0152. The molecule has 4 rings (SSSR count). The Morgan fingerprint density at radius 1 is 1.21 bits per heavy atom. The molecule has 24 heavy (non-hydrogen) atoms. The molecule has 0 saturated carbocycles. The van der Waals surface area contributed by atoms with Gasteiger partial charge >= 0.3 is 0 Å². The minimum Gasteiger partial charge on any atom is -0.486 e. The number of benzene rings is 1. The van der Waals surface area contributed by atoms with E-state index < -0.39 is 0 Å². The van der Waals surface area contributed by atoms with Gasteiger partial charge < -0.3 is 19.4 Å². The fraction of sp³-hybridized carbons (Fsp3) is 0.389. The molecular formula is C18H21N3O3. The molecule has 0 aliphatic carbocycles. The van der Waals surface area contributed by atoms with Crippen LogP contribution in [0.3, 0.4) is 0 Å². The van der Waals surface area contributed by atoms with Crippen LogP contribution in [0.25, 0.3) is 0 Å². The third kappa shape index (κ3) is 2.85. The first-order valence-electron chi connectivity index (χ1n) is 8.29. The van der Waals surface area contributed by atoms with Crippen molar-refractivity contribution < 1.29 is 14.3 Å². The third-order valence-electron chi connectivity index (χ3n) is 4.64. The highest BCUT2D eigenvalue weighted by molar-refractivity contribution is 5.92. The van der Waals surface area contributed by atoms with Crippen LogP contribution in [0.4, 0.5) is 5.69 Å². The number of amides is 1. The summed E-state index contributed by atoms with van der Waals surface area (Å²) < 4.78 is 13.3. The number of nitrogens with zero attached hydrogens (tertiary/aromatic N) is 2. The van der Waals surface area contributed by atoms with Crippen molar-refractivity contribution in [2.24, 2.45) is 0 Å². The van der Waals surface area contributed by atoms with Crippen molar-refractivity contribution in [3.63, 3.8) is 0 Å². The van der Waals surface area contributed by atoms with Gasteiger partial charge in [-0.3, -0.25) is 9.69 Å². The van der Waals surface area contributed by atoms with Gasteiger partial charge in [0.05, 0.1) is 6.54 Å². The average molecular weight is 327 g/mol. The predicted molar refractivity (Wildman–Crippen MR) is 90.5 cm³/mol. The summed E-state index contributed by atoms with van der Waals surface area (Å²) in [4.78, 5) is 14.6. The molecule has 1 aromatic carbocycles. The standard InChI is InChI=1S/C18H21N3O3/c1-13-15-3-2-6-20(15)7-8-21(13)12-18(22)19-14-4-5-16-17(11-14)24-10-9-23-16/h2-6,11,13H,7-10,12H2,1H3,(H,19,22). The Bertz CT molecular complexity index is 756. The van der Waals surface area contributed by atoms with Gasteiger partial charge in [-0.15, -0.1) is 0 Å². The molecule has 6 heteroatoms. The second kappa shape index (κ2) is 6.20. The van der Waals surface area contributed by atoms with E-state index in [1.54, 1.807) is 0 Å². The van der Waals surface area contributed by atoms with Gasteiger partial charge in [0.2, 0.25) is 5.91 Å². The first-order valence-corrected chi connectivity index (χ1v) is 8.29. The second-order valence-corrected chi connectivity index (χ2v) is 6.18. The van der Waals surface area contributed by atoms with Gasteiger partial charge in [0.25, 0.3) is 0 Å². The van der Waals surface area contributed by atoms with Gasteiger partial charge in [0, 0.05) is 42.8 Å². The number of fused-ring (bicyclic) bond motifs is 2. The Balaban J connectivity index is 1.40. The summed E-state index contributed by atoms with van der Waals surface area (Å²) in [6, 6.07) is 9.91. The van der Waals surface area contributed by atoms with Crippen molar-refractivity contribution in [3.05, 3.63) is 42.2 Å². The molecular weight excluding hydrogens is 306 g/mol. The van der Waals surface area contributed by atoms with Crippen LogP contribution in [0.1, 0.15) is 18.7 Å². The molecule has 1 N–H and O–H groups in total. The summed E-state index contributed by atoms with van der Waals surface area (Å²) in [5.41, 5.74) is 1.99. The summed E-state index contributed by atoms with van der Waals surface area (Å²) in [7, 11) is 0. The molecule has 0 saturated heterocycles. The molecule has 126 valence electrons. The van der Waals surface area contributed by atoms with Gasteiger partial charge in [-0.25, -0.2) is 0 Å². The Kier molecular flexibility index (Phi) is 3.90. The molecule has 2 aliphatic rings. The van der Waals surface area contributed by atoms with Crippen LogP contribution in [0.15, 0.2) is 36.5 Å². The van der Waals surface area contributed by atoms with Crippen LogP contribution in [-0.4, -0.2) is 41.7 Å². The fourth-order valence-electron chi connectivity index (χ4n) is 3.35. The Labute approximate surface area is 141 Å². The normalized spacial score (nSPS) is 19.6. The smallest absolute Gasteiger partial charge is 0.238 e. The van der Waals surface area contributed by atoms with E-state index in [9.17, 15) is 4.79 Å². The number of carbonyl (C=O) groups is 1. The zero-order valence-corrected chi connectivity index (χ0v) is 13.7. The molecule has 1 atom stereocenters. The summed E-state index contributed by atoms with van der Waals surface area (Å²) in [5, 5.41) is 2.95. The Morgan fingerprint density at radius 2 is 2.04 bits per heavy atom. The van der Waals surface area contributed by atoms with E-state index in [2.05, 4.69) is 40.0 Å². The van der Waals surface area contributed by atoms with E-state index in [4.69, 9.17) is 9.47 Å². The molecule has 0 bridgehead atoms. The van der Waals surface area contributed by atoms with Crippen LogP contribution >= 0.6 is 0 Å². The number of aromatic nitrogens is 1. The van der Waals surface area contributed by atoms with Crippen molar-refractivity contribution in [3.8, 4) is 11.5 Å². The molecule has 0 spiro atoms. The average Bonchev–Trinajstić information content (AvgIpc) is 3.07. The lowest BCUT2D eigenvalue weighted by molar-refractivity contribution is -0.118. The molecule has 0 fully saturated rings. The zero-order chi connectivity index (χ0) is 16.5. The number of hydrogen-bond donors (Lipinski definition) is 1. The maximum atomic E-state index is 12.4. The van der Waals surface area contributed by atoms with Crippen LogP contribution < -0.4 is 14.8 Å². The summed E-state index contributed by atoms with van der Waals surface area (Å²) in [5.74, 6) is 1.39. The number of hydrogen-bond acceptors (Lipinski definition) is 4.